The van der Waals surface area contributed by atoms with Crippen molar-refractivity contribution in [3.63, 3.8) is 0 Å². The van der Waals surface area contributed by atoms with E-state index in [1.54, 1.807) is 4.68 Å². The van der Waals surface area contributed by atoms with E-state index >= 15 is 8.78 Å². The van der Waals surface area contributed by atoms with Gasteiger partial charge < -0.3 is 0 Å². The molecule has 1 aromatic heterocycles. The highest BCUT2D eigenvalue weighted by Gasteiger charge is 2.52. The Morgan fingerprint density at radius 1 is 0.971 bits per heavy atom. The van der Waals surface area contributed by atoms with Crippen LogP contribution < -0.4 is 5.32 Å². The summed E-state index contributed by atoms with van der Waals surface area (Å²) >= 11 is 0. The van der Waals surface area contributed by atoms with Gasteiger partial charge in [-0.15, -0.1) is 5.10 Å². The van der Waals surface area contributed by atoms with Gasteiger partial charge in [0.1, 0.15) is 23.5 Å². The van der Waals surface area contributed by atoms with Crippen LogP contribution in [0.1, 0.15) is 97.0 Å². The third-order valence-corrected chi connectivity index (χ3v) is 8.11. The largest absolute Gasteiger partial charge is 0.298 e. The fourth-order valence-corrected chi connectivity index (χ4v) is 7.87. The third-order valence-electron chi connectivity index (χ3n) is 8.11. The summed E-state index contributed by atoms with van der Waals surface area (Å²) in [7, 11) is 0. The Hall–Kier alpha value is -1.96. The molecule has 186 valence electrons. The maximum absolute atomic E-state index is 15.2. The predicted molar refractivity (Wildman–Crippen MR) is 123 cm³/mol. The van der Waals surface area contributed by atoms with Gasteiger partial charge in [0.05, 0.1) is 5.54 Å². The van der Waals surface area contributed by atoms with Gasteiger partial charge >= 0.3 is 0 Å². The number of hydrogen-bond acceptors (Lipinski definition) is 4. The van der Waals surface area contributed by atoms with E-state index in [1.165, 1.54) is 19.3 Å². The van der Waals surface area contributed by atoms with E-state index in [4.69, 9.17) is 0 Å². The predicted octanol–water partition coefficient (Wildman–Crippen LogP) is 5.91. The molecule has 8 heteroatoms. The Morgan fingerprint density at radius 2 is 1.50 bits per heavy atom. The molecule has 4 aliphatic rings. The maximum Gasteiger partial charge on any atom is 0.173 e. The summed E-state index contributed by atoms with van der Waals surface area (Å²) in [5, 5.41) is 16.2. The van der Waals surface area contributed by atoms with Crippen molar-refractivity contribution < 1.29 is 13.2 Å². The van der Waals surface area contributed by atoms with Crippen LogP contribution in [0.2, 0.25) is 0 Å². The van der Waals surface area contributed by atoms with Crippen LogP contribution in [-0.4, -0.2) is 25.7 Å². The first-order valence-electron chi connectivity index (χ1n) is 12.6. The minimum atomic E-state index is -0.931. The summed E-state index contributed by atoms with van der Waals surface area (Å²) in [6.07, 6.45) is 7.49. The lowest BCUT2D eigenvalue weighted by atomic mass is 9.53. The number of nitrogens with zero attached hydrogens (tertiary/aromatic N) is 4. The van der Waals surface area contributed by atoms with E-state index in [9.17, 15) is 4.39 Å². The molecule has 4 fully saturated rings. The molecule has 1 aromatic carbocycles. The number of halogens is 3. The molecule has 1 heterocycles. The molecule has 0 amide bonds. The van der Waals surface area contributed by atoms with Crippen molar-refractivity contribution in [2.75, 3.05) is 0 Å². The Balaban J connectivity index is 1.60. The summed E-state index contributed by atoms with van der Waals surface area (Å²) < 4.78 is 46.0. The number of rotatable bonds is 6. The molecule has 0 spiro atoms. The van der Waals surface area contributed by atoms with E-state index < -0.39 is 29.0 Å². The monoisotopic (exact) mass is 475 g/mol. The molecule has 1 atom stereocenters. The molecule has 4 aliphatic carbocycles. The quantitative estimate of drug-likeness (QED) is 0.564. The second-order valence-electron chi connectivity index (χ2n) is 13.1. The van der Waals surface area contributed by atoms with Crippen LogP contribution in [0.15, 0.2) is 12.1 Å². The summed E-state index contributed by atoms with van der Waals surface area (Å²) in [6.45, 7) is 10.5. The fraction of sp³-hybridized carbons (Fsp3) is 0.731. The van der Waals surface area contributed by atoms with Gasteiger partial charge in [0.25, 0.3) is 0 Å². The topological polar surface area (TPSA) is 55.6 Å². The molecular weight excluding hydrogens is 439 g/mol. The van der Waals surface area contributed by atoms with Crippen LogP contribution in [0.4, 0.5) is 13.2 Å². The van der Waals surface area contributed by atoms with Gasteiger partial charge in [-0.2, -0.15) is 0 Å². The lowest BCUT2D eigenvalue weighted by Crippen LogP contribution is -2.59. The van der Waals surface area contributed by atoms with Crippen molar-refractivity contribution in [3.8, 4) is 0 Å². The summed E-state index contributed by atoms with van der Waals surface area (Å²) in [5.41, 5.74) is -0.926. The van der Waals surface area contributed by atoms with Crippen molar-refractivity contribution in [1.82, 2.24) is 25.5 Å². The molecule has 1 N–H and O–H groups in total. The third kappa shape index (κ3) is 4.38. The Kier molecular flexibility index (Phi) is 5.62. The number of aromatic nitrogens is 4. The smallest absolute Gasteiger partial charge is 0.173 e. The molecule has 0 radical (unpaired) electrons. The number of hydrogen-bond donors (Lipinski definition) is 1. The highest BCUT2D eigenvalue weighted by molar-refractivity contribution is 5.30. The minimum absolute atomic E-state index is 0.0120. The molecular formula is C26H36F3N5. The van der Waals surface area contributed by atoms with Gasteiger partial charge in [-0.05, 0) is 92.4 Å². The Bertz CT molecular complexity index is 1010. The first-order chi connectivity index (χ1) is 15.8. The van der Waals surface area contributed by atoms with Crippen molar-refractivity contribution >= 4 is 0 Å². The number of tetrazole rings is 1. The average molecular weight is 476 g/mol. The van der Waals surface area contributed by atoms with Crippen LogP contribution in [-0.2, 0) is 5.54 Å². The van der Waals surface area contributed by atoms with Gasteiger partial charge in [-0.25, -0.2) is 17.9 Å². The van der Waals surface area contributed by atoms with Gasteiger partial charge in [0, 0.05) is 23.2 Å². The summed E-state index contributed by atoms with van der Waals surface area (Å²) in [6, 6.07) is 0.591. The summed E-state index contributed by atoms with van der Waals surface area (Å²) in [4.78, 5) is 0. The van der Waals surface area contributed by atoms with Crippen LogP contribution in [0.5, 0.6) is 0 Å². The summed E-state index contributed by atoms with van der Waals surface area (Å²) in [5.74, 6) is -0.443. The standard InChI is InChI=1S/C26H36F3N5/c1-24(2,3)14-25(4,5)34-23(31-32-33-34)22(21-19(28)9-18(27)10-20(21)29)30-26-11-15-6-16(12-26)8-17(7-15)13-26/h9-10,15-17,22,30H,6-8,11-14H2,1-5H3. The normalized spacial score (nSPS) is 29.6. The van der Waals surface area contributed by atoms with E-state index in [0.29, 0.717) is 23.6 Å². The molecule has 2 aromatic rings. The molecule has 1 unspecified atom stereocenters. The van der Waals surface area contributed by atoms with Crippen LogP contribution in [0.3, 0.4) is 0 Å². The van der Waals surface area contributed by atoms with Crippen molar-refractivity contribution in [1.29, 1.82) is 0 Å². The SMILES string of the molecule is CC(C)(C)CC(C)(C)n1nnnc1C(NC12CC3CC(CC(C3)C1)C2)c1c(F)cc(F)cc1F. The van der Waals surface area contributed by atoms with Gasteiger partial charge in [-0.1, -0.05) is 20.8 Å². The lowest BCUT2D eigenvalue weighted by Gasteiger charge is -2.58. The van der Waals surface area contributed by atoms with Gasteiger partial charge in [0.15, 0.2) is 5.82 Å². The van der Waals surface area contributed by atoms with Crippen LogP contribution >= 0.6 is 0 Å². The molecule has 5 nitrogen and oxygen atoms in total. The second kappa shape index (κ2) is 8.04. The second-order valence-corrected chi connectivity index (χ2v) is 13.1. The van der Waals surface area contributed by atoms with Crippen molar-refractivity contribution in [3.05, 3.63) is 41.0 Å². The molecule has 4 bridgehead atoms. The highest BCUT2D eigenvalue weighted by Crippen LogP contribution is 2.56. The van der Waals surface area contributed by atoms with Gasteiger partial charge in [0.2, 0.25) is 0 Å². The maximum atomic E-state index is 15.2. The van der Waals surface area contributed by atoms with Gasteiger partial charge in [-0.3, -0.25) is 5.32 Å². The molecule has 34 heavy (non-hydrogen) atoms. The zero-order valence-corrected chi connectivity index (χ0v) is 20.8. The average Bonchev–Trinajstić information content (AvgIpc) is 3.14. The Labute approximate surface area is 199 Å². The van der Waals surface area contributed by atoms with E-state index in [1.807, 2.05) is 13.8 Å². The zero-order chi connectivity index (χ0) is 24.5. The first-order valence-corrected chi connectivity index (χ1v) is 12.6. The van der Waals surface area contributed by atoms with E-state index in [2.05, 4.69) is 41.6 Å². The molecule has 6 rings (SSSR count). The molecule has 0 saturated heterocycles. The van der Waals surface area contributed by atoms with E-state index in [0.717, 1.165) is 37.8 Å². The number of nitrogens with one attached hydrogen (secondary N) is 1. The van der Waals surface area contributed by atoms with Crippen LogP contribution in [0, 0.1) is 40.6 Å². The zero-order valence-electron chi connectivity index (χ0n) is 20.8. The van der Waals surface area contributed by atoms with E-state index in [-0.39, 0.29) is 16.5 Å². The molecule has 4 saturated carbocycles. The fourth-order valence-electron chi connectivity index (χ4n) is 7.87. The first kappa shape index (κ1) is 23.8. The minimum Gasteiger partial charge on any atom is -0.298 e. The molecule has 0 aliphatic heterocycles. The van der Waals surface area contributed by atoms with Crippen LogP contribution in [0.25, 0.3) is 0 Å². The lowest BCUT2D eigenvalue weighted by molar-refractivity contribution is -0.0246. The Morgan fingerprint density at radius 3 is 2.00 bits per heavy atom. The highest BCUT2D eigenvalue weighted by atomic mass is 19.1. The van der Waals surface area contributed by atoms with Crippen molar-refractivity contribution in [2.24, 2.45) is 23.2 Å². The number of benzene rings is 1. The van der Waals surface area contributed by atoms with Crippen molar-refractivity contribution in [2.45, 2.75) is 96.7 Å².